The Morgan fingerprint density at radius 2 is 1.79 bits per heavy atom. The Morgan fingerprint density at radius 3 is 2.42 bits per heavy atom. The second-order valence-electron chi connectivity index (χ2n) is 9.07. The Labute approximate surface area is 200 Å². The third kappa shape index (κ3) is 5.97. The van der Waals surface area contributed by atoms with Gasteiger partial charge in [-0.1, -0.05) is 49.7 Å². The van der Waals surface area contributed by atoms with Gasteiger partial charge in [-0.25, -0.2) is 9.97 Å². The minimum Gasteiger partial charge on any atom is -0.354 e. The molecule has 7 heteroatoms. The molecule has 0 aliphatic carbocycles. The highest BCUT2D eigenvalue weighted by molar-refractivity contribution is 7.10. The van der Waals surface area contributed by atoms with Crippen molar-refractivity contribution >= 4 is 23.1 Å². The van der Waals surface area contributed by atoms with Crippen LogP contribution in [0.4, 0.5) is 5.82 Å². The fraction of sp³-hybridized carbons (Fsp3) is 0.423. The summed E-state index contributed by atoms with van der Waals surface area (Å²) in [5, 5.41) is 5.33. The largest absolute Gasteiger partial charge is 0.354 e. The molecule has 174 valence electrons. The van der Waals surface area contributed by atoms with Gasteiger partial charge in [0, 0.05) is 48.7 Å². The van der Waals surface area contributed by atoms with E-state index in [-0.39, 0.29) is 11.9 Å². The van der Waals surface area contributed by atoms with Crippen LogP contribution in [0.3, 0.4) is 0 Å². The average molecular weight is 464 g/mol. The van der Waals surface area contributed by atoms with Gasteiger partial charge in [-0.15, -0.1) is 11.3 Å². The Morgan fingerprint density at radius 1 is 1.06 bits per heavy atom. The van der Waals surface area contributed by atoms with Crippen LogP contribution in [0.15, 0.2) is 47.8 Å². The van der Waals surface area contributed by atoms with E-state index in [0.717, 1.165) is 54.0 Å². The maximum absolute atomic E-state index is 13.0. The number of hydrogen-bond acceptors (Lipinski definition) is 6. The smallest absolute Gasteiger partial charge is 0.234 e. The first-order chi connectivity index (χ1) is 15.9. The number of aryl methyl sites for hydroxylation is 2. The quantitative estimate of drug-likeness (QED) is 0.566. The van der Waals surface area contributed by atoms with Crippen molar-refractivity contribution in [3.63, 3.8) is 0 Å². The lowest BCUT2D eigenvalue weighted by atomic mass is 10.0. The Bertz CT molecular complexity index is 1060. The van der Waals surface area contributed by atoms with Crippen LogP contribution in [-0.4, -0.2) is 53.5 Å². The van der Waals surface area contributed by atoms with Crippen molar-refractivity contribution in [3.8, 4) is 0 Å². The number of nitrogens with one attached hydrogen (secondary N) is 1. The Hall–Kier alpha value is -2.77. The summed E-state index contributed by atoms with van der Waals surface area (Å²) in [5.41, 5.74) is 3.33. The molecule has 2 aromatic heterocycles. The van der Waals surface area contributed by atoms with E-state index in [2.05, 4.69) is 82.7 Å². The van der Waals surface area contributed by atoms with E-state index in [1.54, 1.807) is 11.3 Å². The normalized spacial score (nSPS) is 15.6. The fourth-order valence-electron chi connectivity index (χ4n) is 4.07. The molecule has 33 heavy (non-hydrogen) atoms. The van der Waals surface area contributed by atoms with Crippen LogP contribution in [0.25, 0.3) is 0 Å². The second-order valence-corrected chi connectivity index (χ2v) is 10.0. The lowest BCUT2D eigenvalue weighted by molar-refractivity contribution is -0.122. The topological polar surface area (TPSA) is 61.4 Å². The van der Waals surface area contributed by atoms with E-state index in [1.165, 1.54) is 5.56 Å². The molecule has 0 saturated carbocycles. The van der Waals surface area contributed by atoms with E-state index in [1.807, 2.05) is 13.0 Å². The van der Waals surface area contributed by atoms with Gasteiger partial charge in [0.2, 0.25) is 5.91 Å². The zero-order valence-electron chi connectivity index (χ0n) is 19.9. The molecule has 6 nitrogen and oxygen atoms in total. The first kappa shape index (κ1) is 23.4. The molecule has 1 amide bonds. The summed E-state index contributed by atoms with van der Waals surface area (Å²) in [7, 11) is 0. The van der Waals surface area contributed by atoms with Gasteiger partial charge in [-0.3, -0.25) is 9.69 Å². The summed E-state index contributed by atoms with van der Waals surface area (Å²) < 4.78 is 0. The van der Waals surface area contributed by atoms with Gasteiger partial charge in [0.1, 0.15) is 11.6 Å². The first-order valence-electron chi connectivity index (χ1n) is 11.6. The summed E-state index contributed by atoms with van der Waals surface area (Å²) >= 11 is 1.67. The van der Waals surface area contributed by atoms with Gasteiger partial charge < -0.3 is 10.2 Å². The number of anilines is 1. The van der Waals surface area contributed by atoms with Crippen LogP contribution in [0.5, 0.6) is 0 Å². The summed E-state index contributed by atoms with van der Waals surface area (Å²) in [4.78, 5) is 28.0. The van der Waals surface area contributed by atoms with Crippen LogP contribution in [0, 0.1) is 13.8 Å². The Kier molecular flexibility index (Phi) is 7.40. The summed E-state index contributed by atoms with van der Waals surface area (Å²) in [6, 6.07) is 14.5. The second kappa shape index (κ2) is 10.4. The molecule has 0 radical (unpaired) electrons. The molecule has 4 rings (SSSR count). The monoisotopic (exact) mass is 463 g/mol. The first-order valence-corrected chi connectivity index (χ1v) is 12.5. The van der Waals surface area contributed by atoms with Crippen LogP contribution in [0.1, 0.15) is 53.3 Å². The third-order valence-electron chi connectivity index (χ3n) is 5.98. The fourth-order valence-corrected chi connectivity index (χ4v) is 4.88. The lowest BCUT2D eigenvalue weighted by Crippen LogP contribution is -2.50. The van der Waals surface area contributed by atoms with Gasteiger partial charge >= 0.3 is 0 Å². The predicted molar refractivity (Wildman–Crippen MR) is 135 cm³/mol. The zero-order chi connectivity index (χ0) is 23.4. The van der Waals surface area contributed by atoms with E-state index >= 15 is 0 Å². The molecule has 3 aromatic rings. The number of nitrogens with zero attached hydrogens (tertiary/aromatic N) is 4. The predicted octanol–water partition coefficient (Wildman–Crippen LogP) is 4.31. The molecule has 1 atom stereocenters. The van der Waals surface area contributed by atoms with Crippen molar-refractivity contribution in [2.24, 2.45) is 0 Å². The number of rotatable bonds is 7. The molecule has 1 fully saturated rings. The zero-order valence-corrected chi connectivity index (χ0v) is 20.7. The van der Waals surface area contributed by atoms with Gasteiger partial charge in [-0.05, 0) is 30.9 Å². The molecule has 1 aliphatic heterocycles. The van der Waals surface area contributed by atoms with Gasteiger partial charge in [-0.2, -0.15) is 0 Å². The SMILES string of the molecule is Cc1ccc(C(NC(=O)CN2CCN(c3cc(C)nc(C(C)C)n3)CC2)c2cccs2)cc1. The highest BCUT2D eigenvalue weighted by Gasteiger charge is 2.23. The van der Waals surface area contributed by atoms with Crippen molar-refractivity contribution in [1.29, 1.82) is 0 Å². The van der Waals surface area contributed by atoms with Crippen LogP contribution >= 0.6 is 11.3 Å². The number of aromatic nitrogens is 2. The van der Waals surface area contributed by atoms with E-state index < -0.39 is 0 Å². The molecule has 1 aromatic carbocycles. The molecule has 0 bridgehead atoms. The van der Waals surface area contributed by atoms with Crippen molar-refractivity contribution in [2.45, 2.75) is 39.7 Å². The summed E-state index contributed by atoms with van der Waals surface area (Å²) in [6.45, 7) is 12.1. The van der Waals surface area contributed by atoms with E-state index in [0.29, 0.717) is 12.5 Å². The molecule has 1 saturated heterocycles. The summed E-state index contributed by atoms with van der Waals surface area (Å²) in [5.74, 6) is 2.25. The number of hydrogen-bond donors (Lipinski definition) is 1. The Balaban J connectivity index is 1.36. The minimum absolute atomic E-state index is 0.0578. The van der Waals surface area contributed by atoms with Crippen LogP contribution < -0.4 is 10.2 Å². The van der Waals surface area contributed by atoms with E-state index in [9.17, 15) is 4.79 Å². The average Bonchev–Trinajstić information content (AvgIpc) is 3.33. The number of carbonyl (C=O) groups is 1. The summed E-state index contributed by atoms with van der Waals surface area (Å²) in [6.07, 6.45) is 0. The number of thiophene rings is 1. The van der Waals surface area contributed by atoms with Crippen LogP contribution in [0.2, 0.25) is 0 Å². The molecule has 1 unspecified atom stereocenters. The van der Waals surface area contributed by atoms with Crippen LogP contribution in [-0.2, 0) is 4.79 Å². The highest BCUT2D eigenvalue weighted by Crippen LogP contribution is 2.26. The molecule has 0 spiro atoms. The maximum Gasteiger partial charge on any atom is 0.234 e. The number of piperazine rings is 1. The van der Waals surface area contributed by atoms with Gasteiger partial charge in [0.25, 0.3) is 0 Å². The van der Waals surface area contributed by atoms with Gasteiger partial charge in [0.05, 0.1) is 12.6 Å². The molecular weight excluding hydrogens is 430 g/mol. The van der Waals surface area contributed by atoms with E-state index in [4.69, 9.17) is 4.98 Å². The minimum atomic E-state index is -0.113. The maximum atomic E-state index is 13.0. The van der Waals surface area contributed by atoms with Gasteiger partial charge in [0.15, 0.2) is 0 Å². The van der Waals surface area contributed by atoms with Crippen molar-refractivity contribution in [3.05, 3.63) is 75.4 Å². The molecule has 1 aliphatic rings. The molecule has 1 N–H and O–H groups in total. The standard InChI is InChI=1S/C26H33N5OS/c1-18(2)26-27-20(4)16-23(28-26)31-13-11-30(12-14-31)17-24(32)29-25(22-6-5-15-33-22)21-9-7-19(3)8-10-21/h5-10,15-16,18,25H,11-14,17H2,1-4H3,(H,29,32). The molecular formula is C26H33N5OS. The third-order valence-corrected chi connectivity index (χ3v) is 6.92. The number of carbonyl (C=O) groups excluding carboxylic acids is 1. The number of benzene rings is 1. The van der Waals surface area contributed by atoms with Crippen molar-refractivity contribution in [1.82, 2.24) is 20.2 Å². The van der Waals surface area contributed by atoms with Crippen molar-refractivity contribution < 1.29 is 4.79 Å². The highest BCUT2D eigenvalue weighted by atomic mass is 32.1. The number of amides is 1. The lowest BCUT2D eigenvalue weighted by Gasteiger charge is -2.35. The van der Waals surface area contributed by atoms with Crippen molar-refractivity contribution in [2.75, 3.05) is 37.6 Å². The molecule has 3 heterocycles.